The lowest BCUT2D eigenvalue weighted by molar-refractivity contribution is 0.0921. The summed E-state index contributed by atoms with van der Waals surface area (Å²) >= 11 is 3.32. The average Bonchev–Trinajstić information content (AvgIpc) is 2.38. The van der Waals surface area contributed by atoms with Gasteiger partial charge in [0.1, 0.15) is 11.5 Å². The van der Waals surface area contributed by atoms with Gasteiger partial charge in [0.15, 0.2) is 12.4 Å². The first-order valence-corrected chi connectivity index (χ1v) is 6.15. The first-order valence-electron chi connectivity index (χ1n) is 5.36. The molecule has 2 aromatic carbocycles. The van der Waals surface area contributed by atoms with E-state index in [1.165, 1.54) is 12.1 Å². The van der Waals surface area contributed by atoms with Crippen molar-refractivity contribution in [1.82, 2.24) is 0 Å². The number of phenolic OH excluding ortho intramolecular Hbond substituents is 1. The summed E-state index contributed by atoms with van der Waals surface area (Å²) < 4.78 is 6.33. The highest BCUT2D eigenvalue weighted by atomic mass is 79.9. The van der Waals surface area contributed by atoms with Crippen molar-refractivity contribution >= 4 is 21.7 Å². The van der Waals surface area contributed by atoms with Crippen LogP contribution in [0.5, 0.6) is 11.5 Å². The maximum Gasteiger partial charge on any atom is 0.200 e. The number of ether oxygens (including phenoxy) is 1. The van der Waals surface area contributed by atoms with Gasteiger partial charge in [-0.25, -0.2) is 0 Å². The summed E-state index contributed by atoms with van der Waals surface area (Å²) in [6.45, 7) is -0.0214. The largest absolute Gasteiger partial charge is 0.508 e. The molecule has 0 atom stereocenters. The van der Waals surface area contributed by atoms with Gasteiger partial charge in [-0.2, -0.15) is 0 Å². The van der Waals surface area contributed by atoms with E-state index in [2.05, 4.69) is 15.9 Å². The zero-order valence-corrected chi connectivity index (χ0v) is 11.1. The van der Waals surface area contributed by atoms with E-state index < -0.39 is 0 Å². The van der Waals surface area contributed by atoms with Crippen molar-refractivity contribution in [1.29, 1.82) is 0 Å². The van der Waals surface area contributed by atoms with Crippen molar-refractivity contribution in [3.63, 3.8) is 0 Å². The van der Waals surface area contributed by atoms with Crippen LogP contribution in [0.3, 0.4) is 0 Å². The van der Waals surface area contributed by atoms with Gasteiger partial charge in [-0.15, -0.1) is 0 Å². The lowest BCUT2D eigenvalue weighted by Gasteiger charge is -2.05. The summed E-state index contributed by atoms with van der Waals surface area (Å²) in [7, 11) is 0. The molecule has 0 spiro atoms. The van der Waals surface area contributed by atoms with Crippen LogP contribution in [0.1, 0.15) is 10.4 Å². The summed E-state index contributed by atoms with van der Waals surface area (Å²) in [6, 6.07) is 13.4. The van der Waals surface area contributed by atoms with E-state index >= 15 is 0 Å². The number of rotatable bonds is 4. The molecular weight excluding hydrogens is 296 g/mol. The smallest absolute Gasteiger partial charge is 0.200 e. The fourth-order valence-electron chi connectivity index (χ4n) is 1.41. The first kappa shape index (κ1) is 12.6. The Balaban J connectivity index is 1.96. The van der Waals surface area contributed by atoms with Crippen molar-refractivity contribution in [2.24, 2.45) is 0 Å². The van der Waals surface area contributed by atoms with E-state index in [-0.39, 0.29) is 18.1 Å². The number of carbonyl (C=O) groups excluding carboxylic acids is 1. The summed E-state index contributed by atoms with van der Waals surface area (Å²) in [6.07, 6.45) is 0. The Kier molecular flexibility index (Phi) is 3.99. The first-order chi connectivity index (χ1) is 8.65. The third-order valence-electron chi connectivity index (χ3n) is 2.37. The van der Waals surface area contributed by atoms with Crippen LogP contribution in [-0.2, 0) is 0 Å². The fourth-order valence-corrected chi connectivity index (χ4v) is 1.67. The fraction of sp³-hybridized carbons (Fsp3) is 0.0714. The second kappa shape index (κ2) is 5.69. The highest BCUT2D eigenvalue weighted by molar-refractivity contribution is 9.10. The van der Waals surface area contributed by atoms with Crippen LogP contribution in [0.4, 0.5) is 0 Å². The van der Waals surface area contributed by atoms with Crippen LogP contribution in [0.2, 0.25) is 0 Å². The molecule has 0 bridgehead atoms. The van der Waals surface area contributed by atoms with E-state index in [9.17, 15) is 4.79 Å². The van der Waals surface area contributed by atoms with Crippen LogP contribution in [0.15, 0.2) is 53.0 Å². The Labute approximate surface area is 113 Å². The zero-order chi connectivity index (χ0) is 13.0. The van der Waals surface area contributed by atoms with Crippen molar-refractivity contribution in [2.75, 3.05) is 6.61 Å². The molecule has 0 heterocycles. The number of Topliss-reactive ketones (excluding diaryl/α,β-unsaturated/α-hetero) is 1. The lowest BCUT2D eigenvalue weighted by Crippen LogP contribution is -2.11. The van der Waals surface area contributed by atoms with Gasteiger partial charge < -0.3 is 9.84 Å². The number of aromatic hydroxyl groups is 1. The quantitative estimate of drug-likeness (QED) is 0.880. The molecule has 18 heavy (non-hydrogen) atoms. The van der Waals surface area contributed by atoms with E-state index in [0.29, 0.717) is 11.3 Å². The van der Waals surface area contributed by atoms with Gasteiger partial charge >= 0.3 is 0 Å². The molecule has 0 amide bonds. The third-order valence-corrected chi connectivity index (χ3v) is 2.90. The molecule has 0 aliphatic carbocycles. The lowest BCUT2D eigenvalue weighted by atomic mass is 10.1. The van der Waals surface area contributed by atoms with Crippen molar-refractivity contribution in [2.45, 2.75) is 0 Å². The van der Waals surface area contributed by atoms with Crippen LogP contribution < -0.4 is 4.74 Å². The summed E-state index contributed by atoms with van der Waals surface area (Å²) in [4.78, 5) is 11.8. The van der Waals surface area contributed by atoms with E-state index in [0.717, 1.165) is 4.47 Å². The number of phenols is 1. The highest BCUT2D eigenvalue weighted by Gasteiger charge is 2.06. The van der Waals surface area contributed by atoms with Crippen LogP contribution in [0.25, 0.3) is 0 Å². The van der Waals surface area contributed by atoms with E-state index in [1.807, 2.05) is 12.1 Å². The van der Waals surface area contributed by atoms with Gasteiger partial charge in [-0.1, -0.05) is 15.9 Å². The normalized spacial score (nSPS) is 10.1. The van der Waals surface area contributed by atoms with Crippen LogP contribution in [0, 0.1) is 0 Å². The van der Waals surface area contributed by atoms with Crippen LogP contribution >= 0.6 is 15.9 Å². The Morgan fingerprint density at radius 2 is 1.67 bits per heavy atom. The summed E-state index contributed by atoms with van der Waals surface area (Å²) in [5, 5.41) is 9.13. The topological polar surface area (TPSA) is 46.5 Å². The number of benzene rings is 2. The zero-order valence-electron chi connectivity index (χ0n) is 9.47. The molecule has 0 fully saturated rings. The predicted molar refractivity (Wildman–Crippen MR) is 72.1 cm³/mol. The molecule has 0 radical (unpaired) electrons. The van der Waals surface area contributed by atoms with Gasteiger partial charge in [0.2, 0.25) is 0 Å². The van der Waals surface area contributed by atoms with Crippen molar-refractivity contribution in [3.05, 3.63) is 58.6 Å². The number of hydrogen-bond acceptors (Lipinski definition) is 3. The van der Waals surface area contributed by atoms with E-state index in [4.69, 9.17) is 9.84 Å². The van der Waals surface area contributed by atoms with Gasteiger partial charge in [-0.05, 0) is 48.5 Å². The molecule has 0 unspecified atom stereocenters. The Hall–Kier alpha value is -1.81. The molecule has 3 nitrogen and oxygen atoms in total. The van der Waals surface area contributed by atoms with Crippen LogP contribution in [-0.4, -0.2) is 17.5 Å². The number of hydrogen-bond donors (Lipinski definition) is 1. The maximum atomic E-state index is 11.8. The average molecular weight is 307 g/mol. The molecule has 92 valence electrons. The number of carbonyl (C=O) groups is 1. The molecule has 4 heteroatoms. The molecule has 0 saturated carbocycles. The SMILES string of the molecule is O=C(COc1ccc(Br)cc1)c1ccc(O)cc1. The minimum absolute atomic E-state index is 0.0214. The van der Waals surface area contributed by atoms with Gasteiger partial charge in [0.25, 0.3) is 0 Å². The number of ketones is 1. The predicted octanol–water partition coefficient (Wildman–Crippen LogP) is 3.42. The summed E-state index contributed by atoms with van der Waals surface area (Å²) in [5.74, 6) is 0.656. The molecular formula is C14H11BrO3. The Morgan fingerprint density at radius 1 is 1.06 bits per heavy atom. The second-order valence-electron chi connectivity index (χ2n) is 3.71. The Morgan fingerprint density at radius 3 is 2.28 bits per heavy atom. The van der Waals surface area contributed by atoms with Gasteiger partial charge in [0, 0.05) is 10.0 Å². The van der Waals surface area contributed by atoms with Crippen molar-refractivity contribution < 1.29 is 14.6 Å². The third kappa shape index (κ3) is 3.34. The van der Waals surface area contributed by atoms with Crippen molar-refractivity contribution in [3.8, 4) is 11.5 Å². The Bertz CT molecular complexity index is 532. The standard InChI is InChI=1S/C14H11BrO3/c15-11-3-7-13(8-4-11)18-9-14(17)10-1-5-12(16)6-2-10/h1-8,16H,9H2. The molecule has 2 aromatic rings. The monoisotopic (exact) mass is 306 g/mol. The molecule has 0 aliphatic heterocycles. The highest BCUT2D eigenvalue weighted by Crippen LogP contribution is 2.16. The number of halogens is 1. The van der Waals surface area contributed by atoms with Gasteiger partial charge in [0.05, 0.1) is 0 Å². The summed E-state index contributed by atoms with van der Waals surface area (Å²) in [5.41, 5.74) is 0.518. The molecule has 1 N–H and O–H groups in total. The van der Waals surface area contributed by atoms with Gasteiger partial charge in [-0.3, -0.25) is 4.79 Å². The van der Waals surface area contributed by atoms with E-state index in [1.54, 1.807) is 24.3 Å². The molecule has 2 rings (SSSR count). The minimum atomic E-state index is -0.127. The minimum Gasteiger partial charge on any atom is -0.508 e. The maximum absolute atomic E-state index is 11.8. The molecule has 0 aromatic heterocycles. The molecule has 0 aliphatic rings. The second-order valence-corrected chi connectivity index (χ2v) is 4.63. The molecule has 0 saturated heterocycles.